The summed E-state index contributed by atoms with van der Waals surface area (Å²) in [4.78, 5) is 8.49. The standard InChI is InChI=1S/C10H11N3/c1-8-5-10-11-3-4-13(10)7-9(2)12-6-8/h3-7H,1-2H3/b8-5-,9-7-,12-6+. The highest BCUT2D eigenvalue weighted by molar-refractivity contribution is 5.85. The fourth-order valence-corrected chi connectivity index (χ4v) is 1.22. The van der Waals surface area contributed by atoms with E-state index in [1.807, 2.05) is 43.1 Å². The maximum absolute atomic E-state index is 4.26. The lowest BCUT2D eigenvalue weighted by Gasteiger charge is -2.02. The van der Waals surface area contributed by atoms with Crippen LogP contribution in [0, 0.1) is 0 Å². The summed E-state index contributed by atoms with van der Waals surface area (Å²) in [6, 6.07) is 0. The molecule has 2 heterocycles. The third-order valence-electron chi connectivity index (χ3n) is 1.85. The number of rotatable bonds is 0. The van der Waals surface area contributed by atoms with Crippen molar-refractivity contribution in [3.63, 3.8) is 0 Å². The summed E-state index contributed by atoms with van der Waals surface area (Å²) < 4.78 is 1.97. The van der Waals surface area contributed by atoms with E-state index in [4.69, 9.17) is 0 Å². The molecule has 0 aliphatic carbocycles. The van der Waals surface area contributed by atoms with Gasteiger partial charge in [-0.3, -0.25) is 4.99 Å². The summed E-state index contributed by atoms with van der Waals surface area (Å²) in [6.45, 7) is 3.99. The van der Waals surface area contributed by atoms with Crippen molar-refractivity contribution < 1.29 is 0 Å². The van der Waals surface area contributed by atoms with Gasteiger partial charge >= 0.3 is 0 Å². The van der Waals surface area contributed by atoms with Crippen molar-refractivity contribution in [1.29, 1.82) is 0 Å². The minimum atomic E-state index is 0.947. The SMILES string of the molecule is CC1=C\c2nccn2\C=C(C)/N=C/1. The first kappa shape index (κ1) is 7.98. The molecular formula is C10H11N3. The van der Waals surface area contributed by atoms with Gasteiger partial charge in [0.1, 0.15) is 5.82 Å². The molecule has 13 heavy (non-hydrogen) atoms. The summed E-state index contributed by atoms with van der Waals surface area (Å²) in [5, 5.41) is 0. The predicted octanol–water partition coefficient (Wildman–Crippen LogP) is 2.19. The highest BCUT2D eigenvalue weighted by Crippen LogP contribution is 2.10. The molecule has 3 heteroatoms. The van der Waals surface area contributed by atoms with E-state index in [-0.39, 0.29) is 0 Å². The zero-order valence-corrected chi connectivity index (χ0v) is 7.73. The number of imidazole rings is 1. The number of hydrogen-bond acceptors (Lipinski definition) is 2. The maximum Gasteiger partial charge on any atom is 0.137 e. The van der Waals surface area contributed by atoms with E-state index in [0.29, 0.717) is 0 Å². The number of aromatic nitrogens is 2. The van der Waals surface area contributed by atoms with Crippen LogP contribution in [0.4, 0.5) is 0 Å². The van der Waals surface area contributed by atoms with Gasteiger partial charge in [-0.2, -0.15) is 0 Å². The van der Waals surface area contributed by atoms with Crippen molar-refractivity contribution in [3.8, 4) is 0 Å². The van der Waals surface area contributed by atoms with Crippen LogP contribution in [-0.4, -0.2) is 15.8 Å². The lowest BCUT2D eigenvalue weighted by atomic mass is 10.3. The molecular weight excluding hydrogens is 162 g/mol. The van der Waals surface area contributed by atoms with Crippen molar-refractivity contribution in [3.05, 3.63) is 29.5 Å². The fourth-order valence-electron chi connectivity index (χ4n) is 1.22. The molecule has 0 spiro atoms. The van der Waals surface area contributed by atoms with Crippen LogP contribution in [0.25, 0.3) is 12.3 Å². The highest BCUT2D eigenvalue weighted by atomic mass is 15.0. The van der Waals surface area contributed by atoms with E-state index in [1.54, 1.807) is 6.20 Å². The predicted molar refractivity (Wildman–Crippen MR) is 54.3 cm³/mol. The molecule has 0 saturated heterocycles. The van der Waals surface area contributed by atoms with E-state index in [2.05, 4.69) is 9.98 Å². The Morgan fingerprint density at radius 1 is 1.31 bits per heavy atom. The molecule has 3 nitrogen and oxygen atoms in total. The molecule has 1 aromatic heterocycles. The van der Waals surface area contributed by atoms with Crippen LogP contribution in [0.1, 0.15) is 19.7 Å². The van der Waals surface area contributed by atoms with Gasteiger partial charge in [-0.1, -0.05) is 0 Å². The van der Waals surface area contributed by atoms with Gasteiger partial charge in [-0.15, -0.1) is 0 Å². The Labute approximate surface area is 77.1 Å². The van der Waals surface area contributed by atoms with Gasteiger partial charge in [0, 0.05) is 24.8 Å². The first-order chi connectivity index (χ1) is 6.25. The summed E-state index contributed by atoms with van der Waals surface area (Å²) in [6.07, 6.45) is 9.52. The lowest BCUT2D eigenvalue weighted by Crippen LogP contribution is -1.94. The Hall–Kier alpha value is -1.64. The van der Waals surface area contributed by atoms with Crippen LogP contribution in [0.2, 0.25) is 0 Å². The summed E-state index contributed by atoms with van der Waals surface area (Å²) in [5.74, 6) is 0.947. The van der Waals surface area contributed by atoms with E-state index in [0.717, 1.165) is 17.1 Å². The molecule has 1 aromatic rings. The van der Waals surface area contributed by atoms with Crippen LogP contribution in [-0.2, 0) is 0 Å². The second kappa shape index (κ2) is 3.01. The van der Waals surface area contributed by atoms with Crippen LogP contribution >= 0.6 is 0 Å². The monoisotopic (exact) mass is 173 g/mol. The van der Waals surface area contributed by atoms with Crippen LogP contribution in [0.5, 0.6) is 0 Å². The molecule has 1 aliphatic rings. The Balaban J connectivity index is 2.58. The first-order valence-corrected chi connectivity index (χ1v) is 4.19. The zero-order valence-electron chi connectivity index (χ0n) is 7.73. The second-order valence-corrected chi connectivity index (χ2v) is 3.11. The highest BCUT2D eigenvalue weighted by Gasteiger charge is 1.99. The van der Waals surface area contributed by atoms with E-state index >= 15 is 0 Å². The number of aliphatic imine (C=N–C) groups is 1. The largest absolute Gasteiger partial charge is 0.305 e. The zero-order chi connectivity index (χ0) is 9.26. The third kappa shape index (κ3) is 1.59. The quantitative estimate of drug-likeness (QED) is 0.591. The van der Waals surface area contributed by atoms with E-state index < -0.39 is 0 Å². The van der Waals surface area contributed by atoms with Crippen molar-refractivity contribution in [2.45, 2.75) is 13.8 Å². The Bertz CT molecular complexity index is 371. The Kier molecular flexibility index (Phi) is 1.85. The molecule has 2 rings (SSSR count). The second-order valence-electron chi connectivity index (χ2n) is 3.11. The molecule has 0 amide bonds. The van der Waals surface area contributed by atoms with Gasteiger partial charge in [0.25, 0.3) is 0 Å². The van der Waals surface area contributed by atoms with Gasteiger partial charge in [0.15, 0.2) is 0 Å². The molecule has 0 N–H and O–H groups in total. The van der Waals surface area contributed by atoms with E-state index in [1.165, 1.54) is 0 Å². The van der Waals surface area contributed by atoms with Gasteiger partial charge in [0.05, 0.1) is 5.70 Å². The molecule has 0 radical (unpaired) electrons. The molecule has 1 aliphatic heterocycles. The molecule has 0 bridgehead atoms. The minimum absolute atomic E-state index is 0.947. The average Bonchev–Trinajstić information content (AvgIpc) is 2.47. The van der Waals surface area contributed by atoms with Crippen LogP contribution in [0.15, 0.2) is 28.7 Å². The number of hydrogen-bond donors (Lipinski definition) is 0. The first-order valence-electron chi connectivity index (χ1n) is 4.19. The average molecular weight is 173 g/mol. The minimum Gasteiger partial charge on any atom is -0.305 e. The Morgan fingerprint density at radius 2 is 2.15 bits per heavy atom. The van der Waals surface area contributed by atoms with E-state index in [9.17, 15) is 0 Å². The molecule has 0 saturated carbocycles. The van der Waals surface area contributed by atoms with Gasteiger partial charge < -0.3 is 4.57 Å². The fraction of sp³-hybridized carbons (Fsp3) is 0.200. The summed E-state index contributed by atoms with van der Waals surface area (Å²) in [5.41, 5.74) is 2.09. The third-order valence-corrected chi connectivity index (χ3v) is 1.85. The number of allylic oxidation sites excluding steroid dienone is 2. The van der Waals surface area contributed by atoms with Gasteiger partial charge in [0.2, 0.25) is 0 Å². The molecule has 66 valence electrons. The lowest BCUT2D eigenvalue weighted by molar-refractivity contribution is 1.08. The normalized spacial score (nSPS) is 26.0. The molecule has 0 fully saturated rings. The van der Waals surface area contributed by atoms with Crippen molar-refractivity contribution >= 4 is 18.5 Å². The van der Waals surface area contributed by atoms with Crippen LogP contribution < -0.4 is 0 Å². The maximum atomic E-state index is 4.26. The van der Waals surface area contributed by atoms with Gasteiger partial charge in [-0.25, -0.2) is 4.98 Å². The van der Waals surface area contributed by atoms with Crippen molar-refractivity contribution in [1.82, 2.24) is 9.55 Å². The topological polar surface area (TPSA) is 30.2 Å². The van der Waals surface area contributed by atoms with Gasteiger partial charge in [-0.05, 0) is 25.5 Å². The summed E-state index contributed by atoms with van der Waals surface area (Å²) in [7, 11) is 0. The van der Waals surface area contributed by atoms with Crippen molar-refractivity contribution in [2.75, 3.05) is 0 Å². The number of fused-ring (bicyclic) bond motifs is 1. The number of nitrogens with zero attached hydrogens (tertiary/aromatic N) is 3. The summed E-state index contributed by atoms with van der Waals surface area (Å²) >= 11 is 0. The smallest absolute Gasteiger partial charge is 0.137 e. The van der Waals surface area contributed by atoms with Crippen molar-refractivity contribution in [2.24, 2.45) is 4.99 Å². The Morgan fingerprint density at radius 3 is 3.00 bits per heavy atom. The molecule has 0 unspecified atom stereocenters. The van der Waals surface area contributed by atoms with Crippen LogP contribution in [0.3, 0.4) is 0 Å². The molecule has 0 aromatic carbocycles. The molecule has 0 atom stereocenters.